The molecular weight excluding hydrogens is 360 g/mol. The van der Waals surface area contributed by atoms with Crippen LogP contribution in [0.5, 0.6) is 0 Å². The summed E-state index contributed by atoms with van der Waals surface area (Å²) in [4.78, 5) is 50.4. The second-order valence-electron chi connectivity index (χ2n) is 8.06. The van der Waals surface area contributed by atoms with Gasteiger partial charge in [-0.05, 0) is 32.6 Å². The Bertz CT molecular complexity index is 625. The fraction of sp³-hybridized carbons (Fsp3) is 0.714. The minimum Gasteiger partial charge on any atom is -0.452 e. The Hall–Kier alpha value is -2.18. The van der Waals surface area contributed by atoms with Crippen molar-refractivity contribution in [1.82, 2.24) is 10.2 Å². The smallest absolute Gasteiger partial charge is 0.308 e. The van der Waals surface area contributed by atoms with Gasteiger partial charge in [-0.15, -0.1) is 0 Å². The van der Waals surface area contributed by atoms with Crippen LogP contribution < -0.4 is 5.32 Å². The van der Waals surface area contributed by atoms with Crippen molar-refractivity contribution in [2.45, 2.75) is 76.9 Å². The first-order valence-electron chi connectivity index (χ1n) is 10.5. The van der Waals surface area contributed by atoms with Gasteiger partial charge in [0.05, 0.1) is 18.3 Å². The quantitative estimate of drug-likeness (QED) is 0.324. The zero-order chi connectivity index (χ0) is 20.1. The van der Waals surface area contributed by atoms with Crippen molar-refractivity contribution in [3.8, 4) is 0 Å². The van der Waals surface area contributed by atoms with Crippen LogP contribution in [0.4, 0.5) is 0 Å². The van der Waals surface area contributed by atoms with E-state index in [1.54, 1.807) is 6.92 Å². The maximum Gasteiger partial charge on any atom is 0.308 e. The number of rotatable bonds is 6. The third-order valence-electron chi connectivity index (χ3n) is 6.02. The van der Waals surface area contributed by atoms with Gasteiger partial charge < -0.3 is 10.1 Å². The molecule has 1 saturated carbocycles. The summed E-state index contributed by atoms with van der Waals surface area (Å²) in [5.41, 5.74) is 0. The lowest BCUT2D eigenvalue weighted by atomic mass is 9.85. The van der Waals surface area contributed by atoms with Gasteiger partial charge in [0.15, 0.2) is 6.10 Å². The van der Waals surface area contributed by atoms with Crippen molar-refractivity contribution >= 4 is 23.7 Å². The summed E-state index contributed by atoms with van der Waals surface area (Å²) in [5.74, 6) is -1.85. The predicted molar refractivity (Wildman–Crippen MR) is 102 cm³/mol. The van der Waals surface area contributed by atoms with Gasteiger partial charge in [0, 0.05) is 12.6 Å². The van der Waals surface area contributed by atoms with E-state index in [2.05, 4.69) is 5.32 Å². The molecule has 7 heteroatoms. The number of esters is 1. The zero-order valence-electron chi connectivity index (χ0n) is 16.5. The summed E-state index contributed by atoms with van der Waals surface area (Å²) in [7, 11) is 0. The molecule has 0 radical (unpaired) electrons. The Kier molecular flexibility index (Phi) is 6.86. The lowest BCUT2D eigenvalue weighted by Crippen LogP contribution is -2.42. The fourth-order valence-electron chi connectivity index (χ4n) is 4.34. The number of carbonyl (C=O) groups is 4. The second-order valence-corrected chi connectivity index (χ2v) is 8.06. The molecule has 154 valence electrons. The molecule has 1 saturated heterocycles. The highest BCUT2D eigenvalue weighted by atomic mass is 16.5. The molecule has 2 fully saturated rings. The lowest BCUT2D eigenvalue weighted by molar-refractivity contribution is -0.156. The molecule has 0 aromatic heterocycles. The molecule has 3 amide bonds. The third-order valence-corrected chi connectivity index (χ3v) is 6.02. The van der Waals surface area contributed by atoms with Crippen LogP contribution in [0.2, 0.25) is 0 Å². The third kappa shape index (κ3) is 4.80. The molecule has 3 aliphatic rings. The van der Waals surface area contributed by atoms with Gasteiger partial charge in [-0.1, -0.05) is 37.8 Å². The molecule has 2 aliphatic carbocycles. The first kappa shape index (κ1) is 20.6. The molecule has 0 aromatic carbocycles. The van der Waals surface area contributed by atoms with Crippen molar-refractivity contribution in [3.05, 3.63) is 12.2 Å². The van der Waals surface area contributed by atoms with E-state index in [0.29, 0.717) is 12.8 Å². The number of nitrogens with zero attached hydrogens (tertiary/aromatic N) is 1. The molecule has 0 spiro atoms. The molecule has 7 nitrogen and oxygen atoms in total. The number of imide groups is 1. The first-order valence-corrected chi connectivity index (χ1v) is 10.5. The summed E-state index contributed by atoms with van der Waals surface area (Å²) in [5, 5.41) is 2.97. The van der Waals surface area contributed by atoms with Crippen LogP contribution >= 0.6 is 0 Å². The van der Waals surface area contributed by atoms with Crippen molar-refractivity contribution < 1.29 is 23.9 Å². The predicted octanol–water partition coefficient (Wildman–Crippen LogP) is 2.10. The van der Waals surface area contributed by atoms with Crippen LogP contribution in [0.25, 0.3) is 0 Å². The normalized spacial score (nSPS) is 26.5. The van der Waals surface area contributed by atoms with E-state index in [4.69, 9.17) is 4.74 Å². The van der Waals surface area contributed by atoms with Crippen molar-refractivity contribution in [2.75, 3.05) is 6.54 Å². The summed E-state index contributed by atoms with van der Waals surface area (Å²) >= 11 is 0. The number of amides is 3. The number of likely N-dealkylation sites (tertiary alicyclic amines) is 1. The summed E-state index contributed by atoms with van der Waals surface area (Å²) in [6.07, 6.45) is 10.6. The van der Waals surface area contributed by atoms with Crippen LogP contribution in [0, 0.1) is 11.8 Å². The van der Waals surface area contributed by atoms with Gasteiger partial charge >= 0.3 is 5.97 Å². The second kappa shape index (κ2) is 9.34. The SMILES string of the molecule is C[C@H](OC(=O)CCN1C(=O)[C@H]2CC=CC[C@@H]2C1=O)C(=O)NC1CCCCCC1. The van der Waals surface area contributed by atoms with Crippen LogP contribution in [0.15, 0.2) is 12.2 Å². The van der Waals surface area contributed by atoms with Crippen molar-refractivity contribution in [3.63, 3.8) is 0 Å². The van der Waals surface area contributed by atoms with Gasteiger partial charge in [0.2, 0.25) is 11.8 Å². The van der Waals surface area contributed by atoms with Crippen molar-refractivity contribution in [2.24, 2.45) is 11.8 Å². The lowest BCUT2D eigenvalue weighted by Gasteiger charge is -2.20. The molecule has 0 unspecified atom stereocenters. The van der Waals surface area contributed by atoms with E-state index in [-0.39, 0.29) is 48.6 Å². The van der Waals surface area contributed by atoms with Gasteiger partial charge in [-0.3, -0.25) is 24.1 Å². The standard InChI is InChI=1S/C21H30N2O5/c1-14(19(25)22-15-8-4-2-3-5-9-15)28-18(24)12-13-23-20(26)16-10-6-7-11-17(16)21(23)27/h6-7,14-17H,2-5,8-13H2,1H3,(H,22,25)/t14-,16-,17-/m0/s1. The molecule has 3 rings (SSSR count). The van der Waals surface area contributed by atoms with Gasteiger partial charge in [-0.2, -0.15) is 0 Å². The van der Waals surface area contributed by atoms with E-state index in [9.17, 15) is 19.2 Å². The van der Waals surface area contributed by atoms with E-state index in [1.165, 1.54) is 17.7 Å². The Balaban J connectivity index is 1.43. The summed E-state index contributed by atoms with van der Waals surface area (Å²) < 4.78 is 5.22. The number of hydrogen-bond donors (Lipinski definition) is 1. The monoisotopic (exact) mass is 390 g/mol. The summed E-state index contributed by atoms with van der Waals surface area (Å²) in [6.45, 7) is 1.57. The number of carbonyl (C=O) groups excluding carboxylic acids is 4. The fourth-order valence-corrected chi connectivity index (χ4v) is 4.34. The van der Waals surface area contributed by atoms with E-state index in [0.717, 1.165) is 25.7 Å². The topological polar surface area (TPSA) is 92.8 Å². The van der Waals surface area contributed by atoms with E-state index in [1.807, 2.05) is 12.2 Å². The highest BCUT2D eigenvalue weighted by Gasteiger charge is 2.47. The highest BCUT2D eigenvalue weighted by molar-refractivity contribution is 6.05. The van der Waals surface area contributed by atoms with Crippen LogP contribution in [0.3, 0.4) is 0 Å². The molecule has 28 heavy (non-hydrogen) atoms. The van der Waals surface area contributed by atoms with E-state index < -0.39 is 12.1 Å². The Morgan fingerprint density at radius 3 is 2.21 bits per heavy atom. The zero-order valence-corrected chi connectivity index (χ0v) is 16.5. The van der Waals surface area contributed by atoms with Gasteiger partial charge in [-0.25, -0.2) is 0 Å². The molecule has 0 bridgehead atoms. The molecule has 3 atom stereocenters. The molecule has 0 aromatic rings. The molecular formula is C21H30N2O5. The van der Waals surface area contributed by atoms with Gasteiger partial charge in [0.1, 0.15) is 0 Å². The average Bonchev–Trinajstić information content (AvgIpc) is 2.85. The largest absolute Gasteiger partial charge is 0.452 e. The summed E-state index contributed by atoms with van der Waals surface area (Å²) in [6, 6.07) is 0.146. The van der Waals surface area contributed by atoms with Crippen LogP contribution in [-0.4, -0.2) is 47.3 Å². The molecule has 1 heterocycles. The Morgan fingerprint density at radius 2 is 1.64 bits per heavy atom. The van der Waals surface area contributed by atoms with Gasteiger partial charge in [0.25, 0.3) is 5.91 Å². The average molecular weight is 390 g/mol. The van der Waals surface area contributed by atoms with Crippen molar-refractivity contribution in [1.29, 1.82) is 0 Å². The first-order chi connectivity index (χ1) is 13.5. The number of fused-ring (bicyclic) bond motifs is 1. The molecule has 1 N–H and O–H groups in total. The minimum atomic E-state index is -0.882. The Morgan fingerprint density at radius 1 is 1.07 bits per heavy atom. The van der Waals surface area contributed by atoms with Crippen LogP contribution in [-0.2, 0) is 23.9 Å². The maximum atomic E-state index is 12.4. The Labute approximate surface area is 165 Å². The minimum absolute atomic E-state index is 0.0143. The number of hydrogen-bond acceptors (Lipinski definition) is 5. The number of ether oxygens (including phenoxy) is 1. The maximum absolute atomic E-state index is 12.4. The highest BCUT2D eigenvalue weighted by Crippen LogP contribution is 2.35. The van der Waals surface area contributed by atoms with Crippen LogP contribution in [0.1, 0.15) is 64.7 Å². The molecule has 1 aliphatic heterocycles. The number of nitrogens with one attached hydrogen (secondary N) is 1. The van der Waals surface area contributed by atoms with E-state index >= 15 is 0 Å². The number of allylic oxidation sites excluding steroid dienone is 2.